The van der Waals surface area contributed by atoms with Crippen molar-refractivity contribution in [2.24, 2.45) is 17.1 Å². The molecule has 1 aliphatic carbocycles. The smallest absolute Gasteiger partial charge is 0.404 e. The molecule has 4 rings (SSSR count). The van der Waals surface area contributed by atoms with Gasteiger partial charge < -0.3 is 31.7 Å². The quantitative estimate of drug-likeness (QED) is 0.241. The van der Waals surface area contributed by atoms with E-state index in [1.165, 1.54) is 5.56 Å². The van der Waals surface area contributed by atoms with Crippen molar-refractivity contribution in [2.45, 2.75) is 109 Å². The SMILES string of the molecule is C[C@H](C(=O)N[C@@H](CCCCN)C(=O)N1C[C@H]2CCCN2C[C@H]1C(=O)NC1CCCc2ccccc21)C(NC(=O)O)C(C)(C)C. The fourth-order valence-corrected chi connectivity index (χ4v) is 7.29. The molecule has 2 saturated heterocycles. The number of piperazine rings is 1. The first-order valence-electron chi connectivity index (χ1n) is 16.3. The molecule has 0 saturated carbocycles. The Kier molecular flexibility index (Phi) is 11.3. The fraction of sp³-hybridized carbons (Fsp3) is 0.697. The Balaban J connectivity index is 1.55. The molecule has 2 aliphatic heterocycles. The molecular formula is C33H52N6O5. The minimum Gasteiger partial charge on any atom is -0.465 e. The van der Waals surface area contributed by atoms with Crippen molar-refractivity contribution < 1.29 is 24.3 Å². The van der Waals surface area contributed by atoms with Gasteiger partial charge in [-0.1, -0.05) is 52.0 Å². The highest BCUT2D eigenvalue weighted by atomic mass is 16.4. The van der Waals surface area contributed by atoms with Crippen molar-refractivity contribution in [1.82, 2.24) is 25.8 Å². The Bertz CT molecular complexity index is 1190. The molecule has 3 aliphatic rings. The second-order valence-electron chi connectivity index (χ2n) is 13.9. The normalized spacial score (nSPS) is 23.9. The number of nitrogens with one attached hydrogen (secondary N) is 3. The standard InChI is InChI=1S/C33H52N6O5/c1-21(28(33(2,3)4)37-32(43)44)29(40)36-26(15-7-8-17-34)31(42)39-19-23-13-10-18-38(23)20-27(39)30(41)35-25-16-9-12-22-11-5-6-14-24(22)25/h5-6,11,14,21,23,25-28,37H,7-10,12-13,15-20,34H2,1-4H3,(H,35,41)(H,36,40)(H,43,44)/t21-,23+,25?,26-,27-,28?/m0/s1. The summed E-state index contributed by atoms with van der Waals surface area (Å²) < 4.78 is 0. The van der Waals surface area contributed by atoms with E-state index in [0.717, 1.165) is 44.2 Å². The number of aryl methyl sites for hydroxylation is 1. The first-order chi connectivity index (χ1) is 20.9. The van der Waals surface area contributed by atoms with Crippen molar-refractivity contribution in [3.05, 3.63) is 35.4 Å². The summed E-state index contributed by atoms with van der Waals surface area (Å²) in [5.74, 6) is -1.56. The van der Waals surface area contributed by atoms with E-state index in [9.17, 15) is 24.3 Å². The van der Waals surface area contributed by atoms with Crippen LogP contribution in [-0.2, 0) is 20.8 Å². The van der Waals surface area contributed by atoms with Crippen LogP contribution in [0, 0.1) is 11.3 Å². The maximum absolute atomic E-state index is 14.4. The lowest BCUT2D eigenvalue weighted by atomic mass is 9.79. The average molecular weight is 613 g/mol. The molecule has 2 fully saturated rings. The summed E-state index contributed by atoms with van der Waals surface area (Å²) in [7, 11) is 0. The third-order valence-electron chi connectivity index (χ3n) is 9.65. The van der Waals surface area contributed by atoms with Gasteiger partial charge in [-0.2, -0.15) is 0 Å². The van der Waals surface area contributed by atoms with Crippen LogP contribution in [0.3, 0.4) is 0 Å². The Morgan fingerprint density at radius 1 is 1.05 bits per heavy atom. The molecule has 0 radical (unpaired) electrons. The van der Waals surface area contributed by atoms with E-state index in [1.54, 1.807) is 11.8 Å². The lowest BCUT2D eigenvalue weighted by molar-refractivity contribution is -0.148. The van der Waals surface area contributed by atoms with Crippen LogP contribution >= 0.6 is 0 Å². The van der Waals surface area contributed by atoms with Crippen molar-refractivity contribution in [2.75, 3.05) is 26.2 Å². The van der Waals surface area contributed by atoms with Gasteiger partial charge in [-0.25, -0.2) is 4.79 Å². The summed E-state index contributed by atoms with van der Waals surface area (Å²) in [5, 5.41) is 18.2. The van der Waals surface area contributed by atoms with Crippen LogP contribution in [-0.4, -0.2) is 89.1 Å². The van der Waals surface area contributed by atoms with Gasteiger partial charge in [-0.05, 0) is 81.0 Å². The molecule has 11 nitrogen and oxygen atoms in total. The van der Waals surface area contributed by atoms with E-state index >= 15 is 0 Å². The van der Waals surface area contributed by atoms with Crippen LogP contribution in [0.15, 0.2) is 24.3 Å². The lowest BCUT2D eigenvalue weighted by Crippen LogP contribution is -2.65. The summed E-state index contributed by atoms with van der Waals surface area (Å²) in [5.41, 5.74) is 7.62. The van der Waals surface area contributed by atoms with Crippen LogP contribution < -0.4 is 21.7 Å². The highest BCUT2D eigenvalue weighted by Crippen LogP contribution is 2.31. The van der Waals surface area contributed by atoms with E-state index < -0.39 is 41.5 Å². The molecule has 2 heterocycles. The highest BCUT2D eigenvalue weighted by molar-refractivity contribution is 5.93. The fourth-order valence-electron chi connectivity index (χ4n) is 7.29. The number of carbonyl (C=O) groups is 4. The molecule has 6 N–H and O–H groups in total. The number of fused-ring (bicyclic) bond motifs is 2. The van der Waals surface area contributed by atoms with Gasteiger partial charge in [0, 0.05) is 25.2 Å². The van der Waals surface area contributed by atoms with Crippen molar-refractivity contribution >= 4 is 23.8 Å². The van der Waals surface area contributed by atoms with Gasteiger partial charge in [0.2, 0.25) is 17.7 Å². The molecule has 0 spiro atoms. The molecular weight excluding hydrogens is 560 g/mol. The molecule has 0 aromatic heterocycles. The van der Waals surface area contributed by atoms with Crippen LogP contribution in [0.2, 0.25) is 0 Å². The topological polar surface area (TPSA) is 157 Å². The second-order valence-corrected chi connectivity index (χ2v) is 13.9. The van der Waals surface area contributed by atoms with Crippen molar-refractivity contribution in [3.8, 4) is 0 Å². The number of rotatable bonds is 11. The van der Waals surface area contributed by atoms with Gasteiger partial charge in [-0.3, -0.25) is 19.3 Å². The van der Waals surface area contributed by atoms with Crippen LogP contribution in [0.5, 0.6) is 0 Å². The van der Waals surface area contributed by atoms with Crippen molar-refractivity contribution in [1.29, 1.82) is 0 Å². The van der Waals surface area contributed by atoms with E-state index in [0.29, 0.717) is 38.9 Å². The van der Waals surface area contributed by atoms with Gasteiger partial charge in [0.15, 0.2) is 0 Å². The third-order valence-corrected chi connectivity index (χ3v) is 9.65. The molecule has 0 bridgehead atoms. The molecule has 44 heavy (non-hydrogen) atoms. The summed E-state index contributed by atoms with van der Waals surface area (Å²) in [4.78, 5) is 57.5. The number of nitrogens with two attached hydrogens (primary N) is 1. The maximum Gasteiger partial charge on any atom is 0.404 e. The van der Waals surface area contributed by atoms with Gasteiger partial charge >= 0.3 is 6.09 Å². The number of nitrogens with zero attached hydrogens (tertiary/aromatic N) is 2. The van der Waals surface area contributed by atoms with E-state index in [1.807, 2.05) is 32.9 Å². The van der Waals surface area contributed by atoms with Crippen molar-refractivity contribution in [3.63, 3.8) is 0 Å². The number of carbonyl (C=O) groups excluding carboxylic acids is 3. The monoisotopic (exact) mass is 612 g/mol. The minimum absolute atomic E-state index is 0.0994. The number of benzene rings is 1. The second kappa shape index (κ2) is 14.7. The molecule has 2 unspecified atom stereocenters. The van der Waals surface area contributed by atoms with Gasteiger partial charge in [0.25, 0.3) is 0 Å². The van der Waals surface area contributed by atoms with Crippen LogP contribution in [0.1, 0.15) is 89.8 Å². The summed E-state index contributed by atoms with van der Waals surface area (Å²) in [6, 6.07) is 6.12. The van der Waals surface area contributed by atoms with E-state index in [4.69, 9.17) is 5.73 Å². The molecule has 4 amide bonds. The Hall–Kier alpha value is -3.18. The third kappa shape index (κ3) is 8.10. The first-order valence-corrected chi connectivity index (χ1v) is 16.3. The summed E-state index contributed by atoms with van der Waals surface area (Å²) in [6.07, 6.45) is 5.33. The Labute approximate surface area is 261 Å². The molecule has 1 aromatic carbocycles. The molecule has 6 atom stereocenters. The van der Waals surface area contributed by atoms with E-state index in [-0.39, 0.29) is 23.9 Å². The van der Waals surface area contributed by atoms with Crippen LogP contribution in [0.4, 0.5) is 4.79 Å². The van der Waals surface area contributed by atoms with Gasteiger partial charge in [0.05, 0.1) is 12.0 Å². The number of unbranched alkanes of at least 4 members (excludes halogenated alkanes) is 1. The summed E-state index contributed by atoms with van der Waals surface area (Å²) in [6.45, 7) is 9.56. The van der Waals surface area contributed by atoms with Gasteiger partial charge in [-0.15, -0.1) is 0 Å². The number of carboxylic acid groups (broad SMARTS) is 1. The Morgan fingerprint density at radius 2 is 1.80 bits per heavy atom. The molecule has 1 aromatic rings. The maximum atomic E-state index is 14.4. The van der Waals surface area contributed by atoms with E-state index in [2.05, 4.69) is 33.0 Å². The minimum atomic E-state index is -1.20. The van der Waals surface area contributed by atoms with Gasteiger partial charge in [0.1, 0.15) is 12.1 Å². The largest absolute Gasteiger partial charge is 0.465 e. The Morgan fingerprint density at radius 3 is 2.50 bits per heavy atom. The van der Waals surface area contributed by atoms with Crippen LogP contribution in [0.25, 0.3) is 0 Å². The highest BCUT2D eigenvalue weighted by Gasteiger charge is 2.44. The lowest BCUT2D eigenvalue weighted by Gasteiger charge is -2.44. The average Bonchev–Trinajstić information content (AvgIpc) is 3.45. The molecule has 11 heteroatoms. The summed E-state index contributed by atoms with van der Waals surface area (Å²) >= 11 is 0. The predicted octanol–water partition coefficient (Wildman–Crippen LogP) is 2.79. The number of hydrogen-bond donors (Lipinski definition) is 5. The zero-order valence-corrected chi connectivity index (χ0v) is 26.8. The number of amides is 4. The zero-order valence-electron chi connectivity index (χ0n) is 26.8. The molecule has 244 valence electrons. The predicted molar refractivity (Wildman–Crippen MR) is 169 cm³/mol. The first kappa shape index (κ1) is 33.7. The zero-order chi connectivity index (χ0) is 32.0. The number of hydrogen-bond acceptors (Lipinski definition) is 6.